The van der Waals surface area contributed by atoms with Crippen molar-refractivity contribution in [2.75, 3.05) is 13.2 Å². The summed E-state index contributed by atoms with van der Waals surface area (Å²) in [6, 6.07) is 12.6. The van der Waals surface area contributed by atoms with Crippen molar-refractivity contribution >= 4 is 11.8 Å². The van der Waals surface area contributed by atoms with Crippen molar-refractivity contribution in [2.24, 2.45) is 5.73 Å². The fourth-order valence-electron chi connectivity index (χ4n) is 4.89. The molecule has 2 amide bonds. The van der Waals surface area contributed by atoms with Gasteiger partial charge in [-0.25, -0.2) is 13.8 Å². The molecule has 186 valence electrons. The largest absolute Gasteiger partial charge is 0.386 e. The van der Waals surface area contributed by atoms with Crippen LogP contribution in [-0.2, 0) is 15.9 Å². The molecule has 2 unspecified atom stereocenters. The minimum Gasteiger partial charge on any atom is -0.386 e. The lowest BCUT2D eigenvalue weighted by molar-refractivity contribution is 0.00199. The molecule has 3 N–H and O–H groups in total. The number of nitrogens with two attached hydrogens (primary N) is 1. The highest BCUT2D eigenvalue weighted by Crippen LogP contribution is 2.41. The Labute approximate surface area is 206 Å². The van der Waals surface area contributed by atoms with E-state index in [0.717, 1.165) is 0 Å². The number of halogens is 2. The number of ether oxygens (including phenoxy) is 1. The molecule has 2 aliphatic rings. The second-order valence-corrected chi connectivity index (χ2v) is 9.68. The first-order valence-corrected chi connectivity index (χ1v) is 11.6. The van der Waals surface area contributed by atoms with Gasteiger partial charge in [0.1, 0.15) is 17.1 Å². The highest BCUT2D eigenvalue weighted by molar-refractivity contribution is 6.21. The van der Waals surface area contributed by atoms with Gasteiger partial charge in [-0.05, 0) is 56.3 Å². The van der Waals surface area contributed by atoms with Gasteiger partial charge in [0.25, 0.3) is 11.8 Å². The van der Waals surface area contributed by atoms with Crippen molar-refractivity contribution in [3.63, 3.8) is 0 Å². The van der Waals surface area contributed by atoms with Crippen molar-refractivity contribution in [1.29, 1.82) is 0 Å². The summed E-state index contributed by atoms with van der Waals surface area (Å²) in [5, 5.41) is 10.7. The molecule has 0 bridgehead atoms. The molecule has 7 nitrogen and oxygen atoms in total. The number of fused-ring (bicyclic) bond motifs is 1. The van der Waals surface area contributed by atoms with Crippen LogP contribution in [0.1, 0.15) is 52.2 Å². The van der Waals surface area contributed by atoms with E-state index in [1.165, 1.54) is 49.1 Å². The summed E-state index contributed by atoms with van der Waals surface area (Å²) >= 11 is 0. The Morgan fingerprint density at radius 2 is 1.72 bits per heavy atom. The number of aliphatic hydroxyl groups is 1. The Hall–Kier alpha value is -3.53. The minimum absolute atomic E-state index is 0.0193. The molecule has 36 heavy (non-hydrogen) atoms. The zero-order chi connectivity index (χ0) is 25.8. The molecule has 2 aromatic carbocycles. The van der Waals surface area contributed by atoms with Crippen LogP contribution in [0.15, 0.2) is 54.6 Å². The van der Waals surface area contributed by atoms with Gasteiger partial charge in [-0.1, -0.05) is 12.1 Å². The van der Waals surface area contributed by atoms with Crippen molar-refractivity contribution < 1.29 is 28.2 Å². The van der Waals surface area contributed by atoms with Crippen LogP contribution < -0.4 is 5.73 Å². The van der Waals surface area contributed by atoms with Gasteiger partial charge in [0.05, 0.1) is 35.1 Å². The van der Waals surface area contributed by atoms with E-state index >= 15 is 4.39 Å². The first-order valence-electron chi connectivity index (χ1n) is 11.6. The molecule has 0 spiro atoms. The summed E-state index contributed by atoms with van der Waals surface area (Å²) < 4.78 is 35.2. The van der Waals surface area contributed by atoms with Crippen LogP contribution >= 0.6 is 0 Å². The zero-order valence-electron chi connectivity index (χ0n) is 19.8. The number of benzene rings is 2. The van der Waals surface area contributed by atoms with Crippen molar-refractivity contribution in [3.8, 4) is 11.3 Å². The molecule has 0 saturated carbocycles. The summed E-state index contributed by atoms with van der Waals surface area (Å²) in [7, 11) is 0. The lowest BCUT2D eigenvalue weighted by atomic mass is 9.88. The zero-order valence-corrected chi connectivity index (χ0v) is 19.8. The summed E-state index contributed by atoms with van der Waals surface area (Å²) in [6.45, 7) is 2.83. The number of carbonyl (C=O) groups excluding carboxylic acids is 2. The van der Waals surface area contributed by atoms with Crippen LogP contribution in [-0.4, -0.2) is 46.0 Å². The number of carbonyl (C=O) groups is 2. The third-order valence-corrected chi connectivity index (χ3v) is 6.84. The number of imide groups is 1. The Bertz CT molecular complexity index is 1340. The summed E-state index contributed by atoms with van der Waals surface area (Å²) in [6.07, 6.45) is 0.141. The van der Waals surface area contributed by atoms with E-state index in [1.54, 1.807) is 24.3 Å². The van der Waals surface area contributed by atoms with Gasteiger partial charge in [0, 0.05) is 24.1 Å². The van der Waals surface area contributed by atoms with Crippen LogP contribution in [0.3, 0.4) is 0 Å². The first-order chi connectivity index (χ1) is 17.1. The van der Waals surface area contributed by atoms with Gasteiger partial charge >= 0.3 is 0 Å². The SMILES string of the molecule is CC(C)(O)c1cc(C2(CN)CC(N3C(=O)c4ccccc4C3=O)CO2)nc(-c2ccc(F)cc2)c1F. The molecular weight excluding hydrogens is 468 g/mol. The van der Waals surface area contributed by atoms with E-state index in [1.807, 2.05) is 0 Å². The summed E-state index contributed by atoms with van der Waals surface area (Å²) in [4.78, 5) is 31.7. The molecule has 9 heteroatoms. The lowest BCUT2D eigenvalue weighted by Crippen LogP contribution is -2.42. The summed E-state index contributed by atoms with van der Waals surface area (Å²) in [5.41, 5.74) is 4.43. The minimum atomic E-state index is -1.58. The number of nitrogens with zero attached hydrogens (tertiary/aromatic N) is 2. The molecule has 2 aliphatic heterocycles. The molecule has 2 atom stereocenters. The molecule has 3 aromatic rings. The van der Waals surface area contributed by atoms with Crippen LogP contribution in [0.2, 0.25) is 0 Å². The second kappa shape index (κ2) is 8.55. The molecular formula is C27H25F2N3O4. The van der Waals surface area contributed by atoms with Gasteiger partial charge in [-0.3, -0.25) is 14.5 Å². The first kappa shape index (κ1) is 24.2. The van der Waals surface area contributed by atoms with E-state index in [2.05, 4.69) is 4.98 Å². The number of hydrogen-bond donors (Lipinski definition) is 2. The van der Waals surface area contributed by atoms with Gasteiger partial charge in [-0.15, -0.1) is 0 Å². The smallest absolute Gasteiger partial charge is 0.261 e. The normalized spacial score (nSPS) is 21.8. The Kier molecular flexibility index (Phi) is 5.74. The molecule has 1 aromatic heterocycles. The van der Waals surface area contributed by atoms with Crippen molar-refractivity contribution in [2.45, 2.75) is 37.5 Å². The second-order valence-electron chi connectivity index (χ2n) is 9.68. The maximum Gasteiger partial charge on any atom is 0.261 e. The predicted molar refractivity (Wildman–Crippen MR) is 127 cm³/mol. The highest BCUT2D eigenvalue weighted by atomic mass is 19.1. The Morgan fingerprint density at radius 3 is 2.28 bits per heavy atom. The highest BCUT2D eigenvalue weighted by Gasteiger charge is 2.50. The third-order valence-electron chi connectivity index (χ3n) is 6.84. The standard InChI is InChI=1S/C27H25F2N3O4/c1-26(2,35)20-11-21(31-23(22(20)29)15-7-9-16(28)10-8-15)27(14-30)12-17(13-36-27)32-24(33)18-5-3-4-6-19(18)25(32)34/h3-11,17,35H,12-14,30H2,1-2H3. The molecule has 0 radical (unpaired) electrons. The van der Waals surface area contributed by atoms with Gasteiger partial charge in [0.15, 0.2) is 5.82 Å². The number of rotatable bonds is 5. The number of aromatic nitrogens is 1. The Balaban J connectivity index is 1.57. The van der Waals surface area contributed by atoms with E-state index in [-0.39, 0.29) is 36.5 Å². The Morgan fingerprint density at radius 1 is 1.11 bits per heavy atom. The molecule has 1 saturated heterocycles. The number of amides is 2. The topological polar surface area (TPSA) is 106 Å². The average molecular weight is 494 g/mol. The van der Waals surface area contributed by atoms with Crippen LogP contribution in [0, 0.1) is 11.6 Å². The van der Waals surface area contributed by atoms with E-state index in [9.17, 15) is 19.1 Å². The van der Waals surface area contributed by atoms with Crippen molar-refractivity contribution in [1.82, 2.24) is 9.88 Å². The average Bonchev–Trinajstić information content (AvgIpc) is 3.39. The fraction of sp³-hybridized carbons (Fsp3) is 0.296. The molecule has 5 rings (SSSR count). The van der Waals surface area contributed by atoms with Crippen LogP contribution in [0.5, 0.6) is 0 Å². The quantitative estimate of drug-likeness (QED) is 0.527. The van der Waals surface area contributed by atoms with E-state index in [4.69, 9.17) is 10.5 Å². The van der Waals surface area contributed by atoms with E-state index in [0.29, 0.717) is 16.7 Å². The number of pyridine rings is 1. The monoisotopic (exact) mass is 493 g/mol. The predicted octanol–water partition coefficient (Wildman–Crippen LogP) is 3.49. The van der Waals surface area contributed by atoms with Crippen LogP contribution in [0.25, 0.3) is 11.3 Å². The third kappa shape index (κ3) is 3.80. The maximum absolute atomic E-state index is 15.5. The van der Waals surface area contributed by atoms with Gasteiger partial charge in [-0.2, -0.15) is 0 Å². The van der Waals surface area contributed by atoms with Gasteiger partial charge in [0.2, 0.25) is 0 Å². The maximum atomic E-state index is 15.5. The van der Waals surface area contributed by atoms with Crippen molar-refractivity contribution in [3.05, 3.63) is 88.6 Å². The van der Waals surface area contributed by atoms with Crippen LogP contribution in [0.4, 0.5) is 8.78 Å². The molecule has 0 aliphatic carbocycles. The molecule has 3 heterocycles. The van der Waals surface area contributed by atoms with Gasteiger partial charge < -0.3 is 15.6 Å². The summed E-state index contributed by atoms with van der Waals surface area (Å²) in [5.74, 6) is -2.05. The fourth-order valence-corrected chi connectivity index (χ4v) is 4.89. The lowest BCUT2D eigenvalue weighted by Gasteiger charge is -2.30. The number of hydrogen-bond acceptors (Lipinski definition) is 6. The molecule has 1 fully saturated rings. The van der Waals surface area contributed by atoms with E-state index < -0.39 is 40.7 Å².